The van der Waals surface area contributed by atoms with Crippen LogP contribution in [0.2, 0.25) is 0 Å². The number of carbonyl (C=O) groups is 1. The van der Waals surface area contributed by atoms with Crippen LogP contribution in [0.4, 0.5) is 5.69 Å². The smallest absolute Gasteiger partial charge is 0.148 e. The van der Waals surface area contributed by atoms with Crippen molar-refractivity contribution in [1.82, 2.24) is 0 Å². The quantitative estimate of drug-likeness (QED) is 0.379. The van der Waals surface area contributed by atoms with Crippen LogP contribution >= 0.6 is 0 Å². The van der Waals surface area contributed by atoms with Crippen LogP contribution in [0.15, 0.2) is 41.1 Å². The molecule has 4 heteroatoms. The number of nitrogens with zero attached hydrogens (tertiary/aromatic N) is 1. The number of aldehydes is 1. The van der Waals surface area contributed by atoms with Crippen molar-refractivity contribution in [3.05, 3.63) is 46.7 Å². The first-order valence-electron chi connectivity index (χ1n) is 9.91. The SMILES string of the molecule is C/C=C1\C[N+]2(CCC)CC[C@@]34C(=C(C=O)[C@@H]1C[C@H]32)Nc1c(O)cccc14. The first-order valence-corrected chi connectivity index (χ1v) is 9.91. The number of hydrogen-bond donors (Lipinski definition) is 2. The molecule has 1 aliphatic carbocycles. The second-order valence-electron chi connectivity index (χ2n) is 8.49. The molecule has 1 aromatic rings. The summed E-state index contributed by atoms with van der Waals surface area (Å²) in [5, 5.41) is 14.0. The minimum absolute atomic E-state index is 0.130. The highest BCUT2D eigenvalue weighted by atomic mass is 16.3. The molecule has 1 spiro atoms. The standard InChI is InChI=1S/C22H26N2O2/c1-3-9-24-10-8-22-17-6-5-7-18(26)20(17)23-21(22)16(13-25)15(11-19(22)24)14(4-2)12-24/h4-7,13,15,19H,3,8-12H2,1-2H3,(H-,23,25,26)/p+1/b14-4+/t15-,19-,22+,24?/m1/s1. The number of nitrogens with one attached hydrogen (secondary N) is 1. The first-order chi connectivity index (χ1) is 12.6. The number of phenols is 1. The highest BCUT2D eigenvalue weighted by Crippen LogP contribution is 2.64. The third kappa shape index (κ3) is 1.67. The van der Waals surface area contributed by atoms with Gasteiger partial charge in [0, 0.05) is 30.0 Å². The molecule has 0 amide bonds. The maximum absolute atomic E-state index is 12.2. The van der Waals surface area contributed by atoms with Crippen molar-refractivity contribution in [1.29, 1.82) is 0 Å². The number of aromatic hydroxyl groups is 1. The number of quaternary nitrogens is 1. The molecule has 4 aliphatic rings. The zero-order valence-corrected chi connectivity index (χ0v) is 15.6. The summed E-state index contributed by atoms with van der Waals surface area (Å²) >= 11 is 0. The summed E-state index contributed by atoms with van der Waals surface area (Å²) in [5.41, 5.74) is 5.32. The van der Waals surface area contributed by atoms with Gasteiger partial charge in [0.05, 0.1) is 24.2 Å². The molecule has 1 aromatic carbocycles. The average Bonchev–Trinajstić information content (AvgIpc) is 3.17. The Balaban J connectivity index is 1.82. The van der Waals surface area contributed by atoms with E-state index in [4.69, 9.17) is 0 Å². The lowest BCUT2D eigenvalue weighted by atomic mass is 9.61. The maximum Gasteiger partial charge on any atom is 0.148 e. The van der Waals surface area contributed by atoms with E-state index in [9.17, 15) is 9.90 Å². The predicted octanol–water partition coefficient (Wildman–Crippen LogP) is 3.49. The van der Waals surface area contributed by atoms with Gasteiger partial charge >= 0.3 is 0 Å². The van der Waals surface area contributed by atoms with E-state index >= 15 is 0 Å². The van der Waals surface area contributed by atoms with Gasteiger partial charge in [-0.25, -0.2) is 0 Å². The molecular formula is C22H27N2O2+. The molecular weight excluding hydrogens is 324 g/mol. The highest BCUT2D eigenvalue weighted by molar-refractivity contribution is 5.85. The molecule has 0 aromatic heterocycles. The lowest BCUT2D eigenvalue weighted by Gasteiger charge is -2.53. The topological polar surface area (TPSA) is 49.3 Å². The van der Waals surface area contributed by atoms with E-state index in [2.05, 4.69) is 31.3 Å². The second kappa shape index (κ2) is 5.23. The third-order valence-electron chi connectivity index (χ3n) is 7.64. The van der Waals surface area contributed by atoms with Crippen LogP contribution in [-0.4, -0.2) is 41.6 Å². The van der Waals surface area contributed by atoms with Gasteiger partial charge in [0.15, 0.2) is 0 Å². The second-order valence-corrected chi connectivity index (χ2v) is 8.49. The highest BCUT2D eigenvalue weighted by Gasteiger charge is 2.68. The Hall–Kier alpha value is -2.07. The molecule has 2 bridgehead atoms. The van der Waals surface area contributed by atoms with E-state index < -0.39 is 0 Å². The number of rotatable bonds is 3. The van der Waals surface area contributed by atoms with E-state index in [0.29, 0.717) is 11.8 Å². The lowest BCUT2D eigenvalue weighted by molar-refractivity contribution is -0.941. The van der Waals surface area contributed by atoms with Gasteiger partial charge in [0.25, 0.3) is 0 Å². The Labute approximate surface area is 154 Å². The van der Waals surface area contributed by atoms with Gasteiger partial charge in [-0.15, -0.1) is 0 Å². The Kier molecular flexibility index (Phi) is 3.24. The Morgan fingerprint density at radius 1 is 1.42 bits per heavy atom. The van der Waals surface area contributed by atoms with Crippen molar-refractivity contribution in [3.8, 4) is 5.75 Å². The summed E-state index contributed by atoms with van der Waals surface area (Å²) < 4.78 is 1.14. The molecule has 1 unspecified atom stereocenters. The van der Waals surface area contributed by atoms with Gasteiger partial charge in [-0.2, -0.15) is 0 Å². The summed E-state index contributed by atoms with van der Waals surface area (Å²) in [6, 6.07) is 6.35. The Bertz CT molecular complexity index is 871. The van der Waals surface area contributed by atoms with Crippen molar-refractivity contribution in [3.63, 3.8) is 0 Å². The molecule has 4 atom stereocenters. The molecule has 136 valence electrons. The number of piperidine rings is 1. The fourth-order valence-corrected chi connectivity index (χ4v) is 6.73. The van der Waals surface area contributed by atoms with E-state index in [0.717, 1.165) is 53.7 Å². The van der Waals surface area contributed by atoms with Crippen molar-refractivity contribution in [2.24, 2.45) is 5.92 Å². The van der Waals surface area contributed by atoms with E-state index in [1.165, 1.54) is 24.1 Å². The van der Waals surface area contributed by atoms with Crippen LogP contribution in [0.5, 0.6) is 5.75 Å². The number of para-hydroxylation sites is 1. The van der Waals surface area contributed by atoms with Gasteiger partial charge in [-0.3, -0.25) is 4.79 Å². The summed E-state index contributed by atoms with van der Waals surface area (Å²) in [6.07, 6.45) is 6.60. The fraction of sp³-hybridized carbons (Fsp3) is 0.500. The van der Waals surface area contributed by atoms with Gasteiger partial charge in [0.1, 0.15) is 24.6 Å². The molecule has 0 saturated carbocycles. The van der Waals surface area contributed by atoms with E-state index in [1.54, 1.807) is 6.07 Å². The van der Waals surface area contributed by atoms with Crippen molar-refractivity contribution in [2.45, 2.75) is 44.6 Å². The van der Waals surface area contributed by atoms with Crippen LogP contribution in [-0.2, 0) is 10.2 Å². The minimum Gasteiger partial charge on any atom is -0.506 e. The molecule has 0 radical (unpaired) electrons. The first kappa shape index (κ1) is 16.1. The summed E-state index contributed by atoms with van der Waals surface area (Å²) in [7, 11) is 0. The average molecular weight is 351 g/mol. The largest absolute Gasteiger partial charge is 0.506 e. The molecule has 5 rings (SSSR count). The van der Waals surface area contributed by atoms with Gasteiger partial charge in [-0.1, -0.05) is 25.1 Å². The molecule has 3 aliphatic heterocycles. The molecule has 2 saturated heterocycles. The Morgan fingerprint density at radius 3 is 3.00 bits per heavy atom. The summed E-state index contributed by atoms with van der Waals surface area (Å²) in [4.78, 5) is 12.2. The predicted molar refractivity (Wildman–Crippen MR) is 102 cm³/mol. The van der Waals surface area contributed by atoms with Crippen LogP contribution < -0.4 is 5.32 Å². The third-order valence-corrected chi connectivity index (χ3v) is 7.64. The maximum atomic E-state index is 12.2. The number of anilines is 1. The molecule has 2 fully saturated rings. The van der Waals surface area contributed by atoms with Crippen LogP contribution in [0.1, 0.15) is 38.7 Å². The molecule has 4 nitrogen and oxygen atoms in total. The van der Waals surface area contributed by atoms with Crippen LogP contribution in [0.25, 0.3) is 0 Å². The van der Waals surface area contributed by atoms with E-state index in [-0.39, 0.29) is 11.3 Å². The van der Waals surface area contributed by atoms with Crippen LogP contribution in [0.3, 0.4) is 0 Å². The normalized spacial score (nSPS) is 38.2. The lowest BCUT2D eigenvalue weighted by Crippen LogP contribution is -2.63. The number of phenolic OH excluding ortho intramolecular Hbond substituents is 1. The van der Waals surface area contributed by atoms with E-state index in [1.807, 2.05) is 6.07 Å². The fourth-order valence-electron chi connectivity index (χ4n) is 6.73. The number of allylic oxidation sites excluding steroid dienone is 2. The number of fused-ring (bicyclic) bond motifs is 2. The molecule has 3 heterocycles. The zero-order valence-electron chi connectivity index (χ0n) is 15.6. The van der Waals surface area contributed by atoms with Crippen LogP contribution in [0, 0.1) is 5.92 Å². The minimum atomic E-state index is -0.130. The summed E-state index contributed by atoms with van der Waals surface area (Å²) in [6.45, 7) is 7.80. The van der Waals surface area contributed by atoms with Crippen molar-refractivity contribution >= 4 is 12.0 Å². The Morgan fingerprint density at radius 2 is 2.27 bits per heavy atom. The van der Waals surface area contributed by atoms with Crippen molar-refractivity contribution < 1.29 is 14.4 Å². The molecule has 2 N–H and O–H groups in total. The number of benzene rings is 1. The van der Waals surface area contributed by atoms with Gasteiger partial charge in [-0.05, 0) is 30.5 Å². The number of hydrogen-bond acceptors (Lipinski definition) is 3. The van der Waals surface area contributed by atoms with Gasteiger partial charge in [0.2, 0.25) is 0 Å². The summed E-state index contributed by atoms with van der Waals surface area (Å²) in [5.74, 6) is 0.529. The van der Waals surface area contributed by atoms with Crippen molar-refractivity contribution in [2.75, 3.05) is 25.0 Å². The monoisotopic (exact) mass is 351 g/mol. The van der Waals surface area contributed by atoms with Gasteiger partial charge < -0.3 is 14.9 Å². The molecule has 26 heavy (non-hydrogen) atoms. The zero-order chi connectivity index (χ0) is 18.1. The number of carbonyl (C=O) groups excluding carboxylic acids is 1.